The molecule has 1 N–H and O–H groups in total. The molecule has 0 amide bonds. The predicted molar refractivity (Wildman–Crippen MR) is 114 cm³/mol. The fraction of sp³-hybridized carbons (Fsp3) is 0.130. The van der Waals surface area contributed by atoms with Gasteiger partial charge in [0, 0.05) is 21.6 Å². The van der Waals surface area contributed by atoms with E-state index in [1.807, 2.05) is 36.6 Å². The minimum absolute atomic E-state index is 0.280. The molecule has 0 saturated carbocycles. The number of aryl methyl sites for hydroxylation is 1. The summed E-state index contributed by atoms with van der Waals surface area (Å²) in [5, 5.41) is 9.90. The zero-order valence-electron chi connectivity index (χ0n) is 16.0. The molecule has 0 radical (unpaired) electrons. The summed E-state index contributed by atoms with van der Waals surface area (Å²) in [5.41, 5.74) is 4.45. The van der Waals surface area contributed by atoms with Gasteiger partial charge in [-0.05, 0) is 36.6 Å². The van der Waals surface area contributed by atoms with E-state index >= 15 is 4.39 Å². The molecule has 2 atom stereocenters. The summed E-state index contributed by atoms with van der Waals surface area (Å²) in [4.78, 5) is 5.44. The summed E-state index contributed by atoms with van der Waals surface area (Å²) in [5.74, 6) is 1.10. The maximum atomic E-state index is 15.0. The van der Waals surface area contributed by atoms with Crippen LogP contribution in [-0.2, 0) is 0 Å². The SMILES string of the molecule is Cc1ccc2c(c1)C1=C([C@H](c3ccccc3F)n3ncnc3N1)[C@@H](c1cccs1)O2. The summed E-state index contributed by atoms with van der Waals surface area (Å²) >= 11 is 1.62. The molecule has 0 bridgehead atoms. The summed E-state index contributed by atoms with van der Waals surface area (Å²) < 4.78 is 23.3. The van der Waals surface area contributed by atoms with Gasteiger partial charge in [0.15, 0.2) is 6.10 Å². The van der Waals surface area contributed by atoms with Crippen LogP contribution in [0.2, 0.25) is 0 Å². The predicted octanol–water partition coefficient (Wildman–Crippen LogP) is 5.35. The Morgan fingerprint density at radius 1 is 1.13 bits per heavy atom. The Labute approximate surface area is 176 Å². The first kappa shape index (κ1) is 17.4. The summed E-state index contributed by atoms with van der Waals surface area (Å²) in [6.07, 6.45) is 1.14. The molecule has 2 aromatic heterocycles. The minimum Gasteiger partial charge on any atom is -0.480 e. The molecule has 2 aromatic carbocycles. The topological polar surface area (TPSA) is 52.0 Å². The van der Waals surface area contributed by atoms with Crippen molar-refractivity contribution in [3.05, 3.63) is 99.3 Å². The van der Waals surface area contributed by atoms with E-state index in [-0.39, 0.29) is 11.9 Å². The molecule has 4 heterocycles. The molecule has 2 aliphatic heterocycles. The molecule has 5 nitrogen and oxygen atoms in total. The van der Waals surface area contributed by atoms with Gasteiger partial charge in [-0.2, -0.15) is 10.1 Å². The van der Waals surface area contributed by atoms with Crippen molar-refractivity contribution in [3.63, 3.8) is 0 Å². The van der Waals surface area contributed by atoms with Crippen molar-refractivity contribution in [2.24, 2.45) is 0 Å². The van der Waals surface area contributed by atoms with Gasteiger partial charge in [0.1, 0.15) is 23.9 Å². The third-order valence-corrected chi connectivity index (χ3v) is 6.49. The van der Waals surface area contributed by atoms with Crippen molar-refractivity contribution >= 4 is 23.0 Å². The number of ether oxygens (including phenoxy) is 1. The second kappa shape index (κ2) is 6.53. The van der Waals surface area contributed by atoms with Crippen LogP contribution in [0.3, 0.4) is 0 Å². The van der Waals surface area contributed by atoms with Crippen LogP contribution in [0.15, 0.2) is 71.9 Å². The summed E-state index contributed by atoms with van der Waals surface area (Å²) in [6.45, 7) is 2.05. The van der Waals surface area contributed by atoms with Crippen LogP contribution in [0.25, 0.3) is 5.70 Å². The molecule has 0 saturated heterocycles. The molecule has 0 fully saturated rings. The lowest BCUT2D eigenvalue weighted by Gasteiger charge is -2.38. The van der Waals surface area contributed by atoms with Gasteiger partial charge in [-0.25, -0.2) is 9.07 Å². The molecule has 0 unspecified atom stereocenters. The fourth-order valence-corrected chi connectivity index (χ4v) is 5.03. The zero-order valence-corrected chi connectivity index (χ0v) is 16.9. The molecule has 30 heavy (non-hydrogen) atoms. The number of nitrogens with zero attached hydrogens (tertiary/aromatic N) is 3. The molecule has 4 aromatic rings. The van der Waals surface area contributed by atoms with E-state index in [1.165, 1.54) is 12.4 Å². The van der Waals surface area contributed by atoms with Gasteiger partial charge in [0.2, 0.25) is 5.95 Å². The Morgan fingerprint density at radius 2 is 2.03 bits per heavy atom. The van der Waals surface area contributed by atoms with Crippen molar-refractivity contribution in [2.45, 2.75) is 19.1 Å². The highest BCUT2D eigenvalue weighted by Crippen LogP contribution is 2.51. The maximum Gasteiger partial charge on any atom is 0.226 e. The Balaban J connectivity index is 1.67. The van der Waals surface area contributed by atoms with Gasteiger partial charge in [-0.15, -0.1) is 11.3 Å². The number of thiophene rings is 1. The summed E-state index contributed by atoms with van der Waals surface area (Å²) in [6, 6.07) is 16.5. The smallest absolute Gasteiger partial charge is 0.226 e. The molecule has 7 heteroatoms. The number of hydrogen-bond donors (Lipinski definition) is 1. The standard InChI is InChI=1S/C23H17FN4OS/c1-13-8-9-17-15(11-13)20-19(22(29-17)18-7-4-10-30-18)21(14-5-2-3-6-16(14)24)28-23(27-20)25-12-26-28/h2-12,21-22H,1H3,(H,25,26,27)/t21-,22+/m0/s1. The van der Waals surface area contributed by atoms with E-state index in [4.69, 9.17) is 4.74 Å². The van der Waals surface area contributed by atoms with Gasteiger partial charge < -0.3 is 10.1 Å². The van der Waals surface area contributed by atoms with Crippen LogP contribution in [0.5, 0.6) is 5.75 Å². The van der Waals surface area contributed by atoms with E-state index in [0.29, 0.717) is 11.5 Å². The number of rotatable bonds is 2. The molecule has 6 rings (SSSR count). The summed E-state index contributed by atoms with van der Waals surface area (Å²) in [7, 11) is 0. The van der Waals surface area contributed by atoms with Gasteiger partial charge in [0.25, 0.3) is 0 Å². The number of fused-ring (bicyclic) bond motifs is 3. The van der Waals surface area contributed by atoms with Crippen molar-refractivity contribution in [3.8, 4) is 5.75 Å². The lowest BCUT2D eigenvalue weighted by molar-refractivity contribution is 0.226. The van der Waals surface area contributed by atoms with Crippen molar-refractivity contribution < 1.29 is 9.13 Å². The lowest BCUT2D eigenvalue weighted by Crippen LogP contribution is -2.32. The molecule has 148 valence electrons. The van der Waals surface area contributed by atoms with Gasteiger partial charge in [0.05, 0.1) is 5.70 Å². The zero-order chi connectivity index (χ0) is 20.2. The first-order chi connectivity index (χ1) is 14.7. The lowest BCUT2D eigenvalue weighted by atomic mass is 9.86. The Kier molecular flexibility index (Phi) is 3.79. The average molecular weight is 416 g/mol. The number of benzene rings is 2. The third kappa shape index (κ3) is 2.52. The molecular weight excluding hydrogens is 399 g/mol. The third-order valence-electron chi connectivity index (χ3n) is 5.57. The highest BCUT2D eigenvalue weighted by atomic mass is 32.1. The highest BCUT2D eigenvalue weighted by molar-refractivity contribution is 7.10. The number of hydrogen-bond acceptors (Lipinski definition) is 5. The molecule has 0 spiro atoms. The Hall–Kier alpha value is -3.45. The van der Waals surface area contributed by atoms with Crippen LogP contribution >= 0.6 is 11.3 Å². The number of nitrogens with one attached hydrogen (secondary N) is 1. The van der Waals surface area contributed by atoms with Crippen LogP contribution in [0, 0.1) is 12.7 Å². The Morgan fingerprint density at radius 3 is 2.87 bits per heavy atom. The second-order valence-corrected chi connectivity index (χ2v) is 8.40. The van der Waals surface area contributed by atoms with Gasteiger partial charge >= 0.3 is 0 Å². The van der Waals surface area contributed by atoms with Crippen LogP contribution < -0.4 is 10.1 Å². The van der Waals surface area contributed by atoms with Crippen molar-refractivity contribution in [1.29, 1.82) is 0 Å². The van der Waals surface area contributed by atoms with E-state index in [2.05, 4.69) is 27.5 Å². The van der Waals surface area contributed by atoms with Crippen molar-refractivity contribution in [1.82, 2.24) is 14.8 Å². The maximum absolute atomic E-state index is 15.0. The van der Waals surface area contributed by atoms with Crippen molar-refractivity contribution in [2.75, 3.05) is 5.32 Å². The minimum atomic E-state index is -0.472. The van der Waals surface area contributed by atoms with E-state index in [0.717, 1.165) is 33.0 Å². The molecular formula is C23H17FN4OS. The average Bonchev–Trinajstić information content (AvgIpc) is 3.44. The first-order valence-electron chi connectivity index (χ1n) is 9.67. The normalized spacial score (nSPS) is 19.4. The number of aromatic nitrogens is 3. The van der Waals surface area contributed by atoms with Gasteiger partial charge in [-0.1, -0.05) is 35.9 Å². The van der Waals surface area contributed by atoms with Crippen LogP contribution in [-0.4, -0.2) is 14.8 Å². The van der Waals surface area contributed by atoms with Crippen LogP contribution in [0.1, 0.15) is 33.7 Å². The second-order valence-electron chi connectivity index (χ2n) is 7.42. The quantitative estimate of drug-likeness (QED) is 0.479. The molecule has 0 aliphatic carbocycles. The van der Waals surface area contributed by atoms with Crippen LogP contribution in [0.4, 0.5) is 10.3 Å². The van der Waals surface area contributed by atoms with E-state index in [9.17, 15) is 0 Å². The number of halogens is 1. The first-order valence-corrected chi connectivity index (χ1v) is 10.5. The van der Waals surface area contributed by atoms with Gasteiger partial charge in [-0.3, -0.25) is 0 Å². The Bertz CT molecular complexity index is 1290. The molecule has 2 aliphatic rings. The number of anilines is 1. The highest BCUT2D eigenvalue weighted by Gasteiger charge is 2.42. The fourth-order valence-electron chi connectivity index (χ4n) is 4.26. The van der Waals surface area contributed by atoms with E-state index in [1.54, 1.807) is 28.2 Å². The largest absolute Gasteiger partial charge is 0.480 e. The van der Waals surface area contributed by atoms with E-state index < -0.39 is 6.04 Å². The monoisotopic (exact) mass is 416 g/mol.